The van der Waals surface area contributed by atoms with Crippen molar-refractivity contribution in [3.05, 3.63) is 60.2 Å². The maximum absolute atomic E-state index is 12.1. The highest BCUT2D eigenvalue weighted by atomic mass is 32.2. The lowest BCUT2D eigenvalue weighted by Gasteiger charge is -2.34. The summed E-state index contributed by atoms with van der Waals surface area (Å²) in [7, 11) is -3.54. The molecule has 2 aromatic carbocycles. The summed E-state index contributed by atoms with van der Waals surface area (Å²) >= 11 is 0. The van der Waals surface area contributed by atoms with Gasteiger partial charge in [-0.15, -0.1) is 0 Å². The summed E-state index contributed by atoms with van der Waals surface area (Å²) in [5, 5.41) is 0. The molecule has 3 rings (SSSR count). The zero-order chi connectivity index (χ0) is 17.7. The predicted molar refractivity (Wildman–Crippen MR) is 99.8 cm³/mol. The van der Waals surface area contributed by atoms with Crippen molar-refractivity contribution in [1.29, 1.82) is 0 Å². The molecule has 1 fully saturated rings. The molecule has 0 aromatic heterocycles. The number of nitrogens with one attached hydrogen (secondary N) is 1. The number of anilines is 1. The van der Waals surface area contributed by atoms with Crippen LogP contribution >= 0.6 is 0 Å². The molecule has 6 heteroatoms. The van der Waals surface area contributed by atoms with Gasteiger partial charge in [-0.25, -0.2) is 0 Å². The molecule has 0 aliphatic carbocycles. The van der Waals surface area contributed by atoms with Gasteiger partial charge in [-0.05, 0) is 30.7 Å². The Balaban J connectivity index is 1.48. The molecule has 5 nitrogen and oxygen atoms in total. The van der Waals surface area contributed by atoms with E-state index in [0.717, 1.165) is 26.2 Å². The molecule has 0 atom stereocenters. The Hall–Kier alpha value is -2.05. The third-order valence-corrected chi connectivity index (χ3v) is 5.75. The number of piperazine rings is 1. The molecular formula is C19H25N2O3S+. The van der Waals surface area contributed by atoms with Crippen LogP contribution in [0.4, 0.5) is 5.69 Å². The molecule has 0 amide bonds. The molecule has 134 valence electrons. The maximum Gasteiger partial charge on any atom is 0.314 e. The third-order valence-electron chi connectivity index (χ3n) is 4.60. The van der Waals surface area contributed by atoms with Gasteiger partial charge in [0.2, 0.25) is 0 Å². The van der Waals surface area contributed by atoms with Crippen molar-refractivity contribution >= 4 is 15.8 Å². The summed E-state index contributed by atoms with van der Waals surface area (Å²) in [6, 6.07) is 17.1. The Morgan fingerprint density at radius 1 is 1.00 bits per heavy atom. The number of rotatable bonds is 6. The number of aryl methyl sites for hydroxylation is 1. The standard InChI is InChI=1S/C19H24N2O3S/c1-17-7-5-6-10-19(17)21-13-11-20(12-14-21)15-16-25(22,23)24-18-8-3-2-4-9-18/h2-10H,11-16H2,1H3/p+1. The summed E-state index contributed by atoms with van der Waals surface area (Å²) < 4.78 is 29.4. The van der Waals surface area contributed by atoms with Crippen LogP contribution in [-0.2, 0) is 10.1 Å². The zero-order valence-corrected chi connectivity index (χ0v) is 15.3. The van der Waals surface area contributed by atoms with Crippen LogP contribution in [0.3, 0.4) is 0 Å². The van der Waals surface area contributed by atoms with Crippen LogP contribution in [0.15, 0.2) is 54.6 Å². The van der Waals surface area contributed by atoms with Crippen molar-refractivity contribution in [2.75, 3.05) is 43.4 Å². The molecule has 0 unspecified atom stereocenters. The fraction of sp³-hybridized carbons (Fsp3) is 0.368. The molecule has 0 bridgehead atoms. The highest BCUT2D eigenvalue weighted by molar-refractivity contribution is 7.87. The minimum absolute atomic E-state index is 0.0432. The Morgan fingerprint density at radius 2 is 1.64 bits per heavy atom. The largest absolute Gasteiger partial charge is 0.382 e. The Bertz CT molecular complexity index is 785. The molecule has 0 spiro atoms. The average molecular weight is 361 g/mol. The molecule has 0 radical (unpaired) electrons. The average Bonchev–Trinajstić information content (AvgIpc) is 2.62. The molecule has 0 saturated carbocycles. The van der Waals surface area contributed by atoms with Crippen LogP contribution in [-0.4, -0.2) is 46.9 Å². The summed E-state index contributed by atoms with van der Waals surface area (Å²) in [6.07, 6.45) is 0. The van der Waals surface area contributed by atoms with E-state index in [4.69, 9.17) is 4.18 Å². The van der Waals surface area contributed by atoms with Gasteiger partial charge in [-0.1, -0.05) is 36.4 Å². The Morgan fingerprint density at radius 3 is 2.32 bits per heavy atom. The summed E-state index contributed by atoms with van der Waals surface area (Å²) in [5.41, 5.74) is 2.56. The van der Waals surface area contributed by atoms with E-state index < -0.39 is 10.1 Å². The SMILES string of the molecule is Cc1ccccc1N1CC[NH+](CCS(=O)(=O)Oc2ccccc2)CC1. The summed E-state index contributed by atoms with van der Waals surface area (Å²) in [6.45, 7) is 6.47. The Labute approximate surface area is 150 Å². The topological polar surface area (TPSA) is 51.0 Å². The quantitative estimate of drug-likeness (QED) is 0.783. The third kappa shape index (κ3) is 4.96. The van der Waals surface area contributed by atoms with Crippen LogP contribution in [0.25, 0.3) is 0 Å². The molecule has 25 heavy (non-hydrogen) atoms. The molecular weight excluding hydrogens is 336 g/mol. The summed E-state index contributed by atoms with van der Waals surface area (Å²) in [4.78, 5) is 3.69. The second-order valence-electron chi connectivity index (χ2n) is 6.43. The van der Waals surface area contributed by atoms with Crippen LogP contribution in [0, 0.1) is 6.92 Å². The second-order valence-corrected chi connectivity index (χ2v) is 8.12. The molecule has 2 aromatic rings. The monoisotopic (exact) mass is 361 g/mol. The van der Waals surface area contributed by atoms with Gasteiger partial charge < -0.3 is 14.0 Å². The highest BCUT2D eigenvalue weighted by Gasteiger charge is 2.23. The van der Waals surface area contributed by atoms with E-state index in [0.29, 0.717) is 12.3 Å². The molecule has 1 saturated heterocycles. The lowest BCUT2D eigenvalue weighted by atomic mass is 10.1. The van der Waals surface area contributed by atoms with Gasteiger partial charge in [-0.2, -0.15) is 8.42 Å². The first kappa shape index (κ1) is 17.8. The van der Waals surface area contributed by atoms with Crippen molar-refractivity contribution in [3.8, 4) is 5.75 Å². The zero-order valence-electron chi connectivity index (χ0n) is 14.5. The van der Waals surface area contributed by atoms with Gasteiger partial charge in [0.25, 0.3) is 0 Å². The first-order valence-electron chi connectivity index (χ1n) is 8.65. The first-order chi connectivity index (χ1) is 12.0. The van der Waals surface area contributed by atoms with E-state index in [1.54, 1.807) is 24.3 Å². The van der Waals surface area contributed by atoms with Gasteiger partial charge in [0.05, 0.1) is 32.7 Å². The van der Waals surface area contributed by atoms with Crippen molar-refractivity contribution in [1.82, 2.24) is 0 Å². The van der Waals surface area contributed by atoms with Crippen molar-refractivity contribution in [2.24, 2.45) is 0 Å². The van der Waals surface area contributed by atoms with Crippen molar-refractivity contribution in [3.63, 3.8) is 0 Å². The van der Waals surface area contributed by atoms with Gasteiger partial charge in [0.1, 0.15) is 11.5 Å². The van der Waals surface area contributed by atoms with E-state index in [-0.39, 0.29) is 5.75 Å². The Kier molecular flexibility index (Phi) is 5.60. The molecule has 1 N–H and O–H groups in total. The molecule has 1 aliphatic heterocycles. The van der Waals surface area contributed by atoms with Crippen LogP contribution in [0.2, 0.25) is 0 Å². The fourth-order valence-corrected chi connectivity index (χ4v) is 4.19. The van der Waals surface area contributed by atoms with Crippen LogP contribution < -0.4 is 14.0 Å². The fourth-order valence-electron chi connectivity index (χ4n) is 3.17. The number of hydrogen-bond acceptors (Lipinski definition) is 4. The van der Waals surface area contributed by atoms with Crippen molar-refractivity contribution in [2.45, 2.75) is 6.92 Å². The smallest absolute Gasteiger partial charge is 0.314 e. The van der Waals surface area contributed by atoms with E-state index in [2.05, 4.69) is 36.1 Å². The molecule has 1 aliphatic rings. The normalized spacial score (nSPS) is 16.0. The van der Waals surface area contributed by atoms with E-state index in [1.807, 2.05) is 6.07 Å². The lowest BCUT2D eigenvalue weighted by molar-refractivity contribution is -0.898. The first-order valence-corrected chi connectivity index (χ1v) is 10.2. The highest BCUT2D eigenvalue weighted by Crippen LogP contribution is 2.18. The van der Waals surface area contributed by atoms with Gasteiger partial charge >= 0.3 is 10.1 Å². The number of benzene rings is 2. The van der Waals surface area contributed by atoms with Gasteiger partial charge in [-0.3, -0.25) is 0 Å². The van der Waals surface area contributed by atoms with E-state index >= 15 is 0 Å². The maximum atomic E-state index is 12.1. The van der Waals surface area contributed by atoms with E-state index in [9.17, 15) is 8.42 Å². The predicted octanol–water partition coefficient (Wildman–Crippen LogP) is 1.11. The number of hydrogen-bond donors (Lipinski definition) is 1. The molecule has 1 heterocycles. The number of quaternary nitrogens is 1. The second kappa shape index (κ2) is 7.89. The van der Waals surface area contributed by atoms with Gasteiger partial charge in [0, 0.05) is 5.69 Å². The van der Waals surface area contributed by atoms with Crippen LogP contribution in [0.5, 0.6) is 5.75 Å². The van der Waals surface area contributed by atoms with Crippen LogP contribution in [0.1, 0.15) is 5.56 Å². The minimum Gasteiger partial charge on any atom is -0.382 e. The lowest BCUT2D eigenvalue weighted by Crippen LogP contribution is -3.15. The minimum atomic E-state index is -3.54. The van der Waals surface area contributed by atoms with E-state index in [1.165, 1.54) is 16.2 Å². The van der Waals surface area contributed by atoms with Gasteiger partial charge in [0.15, 0.2) is 0 Å². The van der Waals surface area contributed by atoms with Crippen molar-refractivity contribution < 1.29 is 17.5 Å². The number of nitrogens with zero attached hydrogens (tertiary/aromatic N) is 1. The summed E-state index contributed by atoms with van der Waals surface area (Å²) in [5.74, 6) is 0.420. The number of para-hydroxylation sites is 2.